The molecule has 0 N–H and O–H groups in total. The standard InChI is InChI=1S/C25H37O5PSSi/c1-6-27-31(26,28-7-2)18-23-29-22(19-32-23)24(25(3,4)5)30-33(20-14-10-8-11-15-20)21-16-12-9-13-17-21/h8-17,22-24,33H,6-7,18-19H2,1-5H3/t22-,23+,24?/m0/s1. The molecule has 0 saturated carbocycles. The number of ether oxygens (including phenoxy) is 1. The Balaban J connectivity index is 1.80. The SMILES string of the molecule is CCOP(=O)(C[C@@H]1O[C@H](C(O[SiH](c2ccccc2)c2ccccc2)C(C)(C)C)CS1)OCC. The molecule has 3 atom stereocenters. The van der Waals surface area contributed by atoms with Crippen LogP contribution in [-0.2, 0) is 22.8 Å². The van der Waals surface area contributed by atoms with Gasteiger partial charge in [-0.3, -0.25) is 4.57 Å². The first-order valence-electron chi connectivity index (χ1n) is 11.7. The van der Waals surface area contributed by atoms with Crippen molar-refractivity contribution in [2.45, 2.75) is 52.3 Å². The summed E-state index contributed by atoms with van der Waals surface area (Å²) >= 11 is 1.67. The van der Waals surface area contributed by atoms with E-state index in [1.165, 1.54) is 10.4 Å². The molecular weight excluding hydrogens is 471 g/mol. The lowest BCUT2D eigenvalue weighted by Gasteiger charge is -2.37. The summed E-state index contributed by atoms with van der Waals surface area (Å²) in [5, 5.41) is 2.50. The van der Waals surface area contributed by atoms with Crippen molar-refractivity contribution in [3.05, 3.63) is 60.7 Å². The van der Waals surface area contributed by atoms with Crippen LogP contribution in [0.25, 0.3) is 0 Å². The number of benzene rings is 2. The average molecular weight is 509 g/mol. The second-order valence-corrected chi connectivity index (χ2v) is 14.9. The van der Waals surface area contributed by atoms with E-state index in [4.69, 9.17) is 18.2 Å². The molecule has 0 radical (unpaired) electrons. The van der Waals surface area contributed by atoms with Crippen molar-refractivity contribution in [1.82, 2.24) is 0 Å². The van der Waals surface area contributed by atoms with E-state index in [0.717, 1.165) is 5.75 Å². The molecule has 8 heteroatoms. The van der Waals surface area contributed by atoms with E-state index in [9.17, 15) is 4.57 Å². The first-order chi connectivity index (χ1) is 15.8. The first kappa shape index (κ1) is 26.7. The minimum atomic E-state index is -3.17. The zero-order valence-corrected chi connectivity index (χ0v) is 23.2. The van der Waals surface area contributed by atoms with Gasteiger partial charge in [0.1, 0.15) is 5.44 Å². The lowest BCUT2D eigenvalue weighted by atomic mass is 9.86. The highest BCUT2D eigenvalue weighted by molar-refractivity contribution is 8.00. The van der Waals surface area contributed by atoms with Gasteiger partial charge in [-0.25, -0.2) is 0 Å². The lowest BCUT2D eigenvalue weighted by molar-refractivity contribution is -0.0526. The highest BCUT2D eigenvalue weighted by atomic mass is 32.2. The Kier molecular flexibility index (Phi) is 9.83. The van der Waals surface area contributed by atoms with Crippen LogP contribution in [0.15, 0.2) is 60.7 Å². The van der Waals surface area contributed by atoms with Crippen molar-refractivity contribution >= 4 is 38.8 Å². The fourth-order valence-electron chi connectivity index (χ4n) is 4.05. The molecule has 1 saturated heterocycles. The number of thioether (sulfide) groups is 1. The van der Waals surface area contributed by atoms with Crippen molar-refractivity contribution in [2.75, 3.05) is 25.1 Å². The second-order valence-electron chi connectivity index (χ2n) is 9.19. The first-order valence-corrected chi connectivity index (χ1v) is 16.1. The molecule has 33 heavy (non-hydrogen) atoms. The van der Waals surface area contributed by atoms with Gasteiger partial charge in [0.15, 0.2) is 0 Å². The number of hydrogen-bond donors (Lipinski definition) is 0. The number of rotatable bonds is 11. The normalized spacial score (nSPS) is 20.3. The molecule has 1 unspecified atom stereocenters. The zero-order valence-electron chi connectivity index (χ0n) is 20.3. The fraction of sp³-hybridized carbons (Fsp3) is 0.520. The quantitative estimate of drug-likeness (QED) is 0.325. The molecular formula is C25H37O5PSSi. The molecule has 1 fully saturated rings. The van der Waals surface area contributed by atoms with Crippen LogP contribution in [0.5, 0.6) is 0 Å². The third kappa shape index (κ3) is 7.53. The molecule has 0 spiro atoms. The zero-order chi connectivity index (χ0) is 23.9. The second kappa shape index (κ2) is 12.2. The third-order valence-electron chi connectivity index (χ3n) is 5.48. The molecule has 5 nitrogen and oxygen atoms in total. The summed E-state index contributed by atoms with van der Waals surface area (Å²) in [6.45, 7) is 11.0. The minimum absolute atomic E-state index is 0.0980. The third-order valence-corrected chi connectivity index (χ3v) is 11.5. The molecule has 2 aromatic rings. The van der Waals surface area contributed by atoms with Crippen molar-refractivity contribution in [2.24, 2.45) is 5.41 Å². The fourth-order valence-corrected chi connectivity index (χ4v) is 10.1. The van der Waals surface area contributed by atoms with Crippen LogP contribution in [0.1, 0.15) is 34.6 Å². The highest BCUT2D eigenvalue weighted by Gasteiger charge is 2.43. The van der Waals surface area contributed by atoms with Gasteiger partial charge < -0.3 is 18.2 Å². The summed E-state index contributed by atoms with van der Waals surface area (Å²) in [5.74, 6) is 0.787. The van der Waals surface area contributed by atoms with Crippen molar-refractivity contribution < 1.29 is 22.8 Å². The van der Waals surface area contributed by atoms with E-state index < -0.39 is 16.6 Å². The van der Waals surface area contributed by atoms with E-state index in [0.29, 0.717) is 13.2 Å². The lowest BCUT2D eigenvalue weighted by Crippen LogP contribution is -2.53. The van der Waals surface area contributed by atoms with Gasteiger partial charge in [-0.15, -0.1) is 11.8 Å². The Morgan fingerprint density at radius 3 is 1.97 bits per heavy atom. The van der Waals surface area contributed by atoms with Crippen LogP contribution in [0, 0.1) is 5.41 Å². The van der Waals surface area contributed by atoms with Gasteiger partial charge in [-0.05, 0) is 29.6 Å². The summed E-state index contributed by atoms with van der Waals surface area (Å²) in [5.41, 5.74) is -0.362. The van der Waals surface area contributed by atoms with E-state index in [-0.39, 0.29) is 29.2 Å². The maximum atomic E-state index is 13.0. The maximum Gasteiger partial charge on any atom is 0.334 e. The largest absolute Gasteiger partial charge is 0.405 e. The topological polar surface area (TPSA) is 54.0 Å². The Labute approximate surface area is 204 Å². The maximum absolute atomic E-state index is 13.0. The summed E-state index contributed by atoms with van der Waals surface area (Å²) in [7, 11) is -5.11. The van der Waals surface area contributed by atoms with Gasteiger partial charge >= 0.3 is 7.60 Å². The van der Waals surface area contributed by atoms with E-state index >= 15 is 0 Å². The van der Waals surface area contributed by atoms with Crippen LogP contribution in [0.3, 0.4) is 0 Å². The Bertz CT molecular complexity index is 843. The summed E-state index contributed by atoms with van der Waals surface area (Å²) in [6, 6.07) is 21.0. The van der Waals surface area contributed by atoms with Crippen molar-refractivity contribution in [3.8, 4) is 0 Å². The molecule has 0 aliphatic carbocycles. The van der Waals surface area contributed by atoms with Crippen LogP contribution in [0.4, 0.5) is 0 Å². The van der Waals surface area contributed by atoms with Crippen LogP contribution in [0.2, 0.25) is 0 Å². The average Bonchev–Trinajstić information content (AvgIpc) is 3.22. The summed E-state index contributed by atoms with van der Waals surface area (Å²) < 4.78 is 37.5. The van der Waals surface area contributed by atoms with Gasteiger partial charge in [-0.1, -0.05) is 81.4 Å². The van der Waals surface area contributed by atoms with Gasteiger partial charge in [0.2, 0.25) is 9.04 Å². The van der Waals surface area contributed by atoms with Gasteiger partial charge in [0.05, 0.1) is 31.6 Å². The molecule has 3 rings (SSSR count). The Hall–Kier alpha value is -0.923. The smallest absolute Gasteiger partial charge is 0.334 e. The minimum Gasteiger partial charge on any atom is -0.405 e. The molecule has 2 aromatic carbocycles. The molecule has 1 aliphatic rings. The van der Waals surface area contributed by atoms with Crippen molar-refractivity contribution in [1.29, 1.82) is 0 Å². The molecule has 182 valence electrons. The van der Waals surface area contributed by atoms with Crippen LogP contribution in [-0.4, -0.2) is 51.8 Å². The molecule has 0 aromatic heterocycles. The predicted octanol–water partition coefficient (Wildman–Crippen LogP) is 4.68. The van der Waals surface area contributed by atoms with E-state index in [1.54, 1.807) is 11.8 Å². The molecule has 1 aliphatic heterocycles. The monoisotopic (exact) mass is 508 g/mol. The molecule has 0 bridgehead atoms. The summed E-state index contributed by atoms with van der Waals surface area (Å²) in [6.07, 6.45) is 0.0510. The molecule has 0 amide bonds. The highest BCUT2D eigenvalue weighted by Crippen LogP contribution is 2.51. The van der Waals surface area contributed by atoms with Gasteiger partial charge in [0, 0.05) is 5.75 Å². The number of hydrogen-bond acceptors (Lipinski definition) is 6. The Morgan fingerprint density at radius 2 is 1.52 bits per heavy atom. The van der Waals surface area contributed by atoms with Gasteiger partial charge in [-0.2, -0.15) is 0 Å². The summed E-state index contributed by atoms with van der Waals surface area (Å²) in [4.78, 5) is 0. The van der Waals surface area contributed by atoms with E-state index in [2.05, 4.69) is 69.3 Å². The predicted molar refractivity (Wildman–Crippen MR) is 140 cm³/mol. The van der Waals surface area contributed by atoms with Crippen LogP contribution < -0.4 is 10.4 Å². The van der Waals surface area contributed by atoms with Gasteiger partial charge in [0.25, 0.3) is 0 Å². The van der Waals surface area contributed by atoms with Crippen molar-refractivity contribution in [3.63, 3.8) is 0 Å². The molecule has 1 heterocycles. The Morgan fingerprint density at radius 1 is 1.00 bits per heavy atom. The van der Waals surface area contributed by atoms with E-state index in [1.807, 2.05) is 26.0 Å². The van der Waals surface area contributed by atoms with Crippen LogP contribution >= 0.6 is 19.4 Å².